The highest BCUT2D eigenvalue weighted by Gasteiger charge is 2.30. The Hall–Kier alpha value is -2.66. The van der Waals surface area contributed by atoms with Gasteiger partial charge in [0, 0.05) is 0 Å². The fourth-order valence-electron chi connectivity index (χ4n) is 1.18. The maximum absolute atomic E-state index is 13.5. The molecule has 4 N–H and O–H groups in total. The van der Waals surface area contributed by atoms with Gasteiger partial charge >= 0.3 is 12.0 Å². The maximum Gasteiger partial charge on any atom is 0.337 e. The maximum atomic E-state index is 13.5. The highest BCUT2D eigenvalue weighted by Crippen LogP contribution is 2.15. The largest absolute Gasteiger partial charge is 0.479 e. The van der Waals surface area contributed by atoms with Gasteiger partial charge in [-0.25, -0.2) is 14.0 Å². The summed E-state index contributed by atoms with van der Waals surface area (Å²) >= 11 is 0. The van der Waals surface area contributed by atoms with Gasteiger partial charge in [-0.05, 0) is 25.1 Å². The van der Waals surface area contributed by atoms with Crippen molar-refractivity contribution in [2.75, 3.05) is 11.9 Å². The number of anilines is 1. The number of nitriles is 1. The van der Waals surface area contributed by atoms with E-state index < -0.39 is 30.0 Å². The van der Waals surface area contributed by atoms with Crippen molar-refractivity contribution in [2.24, 2.45) is 0 Å². The van der Waals surface area contributed by atoms with E-state index in [1.54, 1.807) is 6.07 Å². The van der Waals surface area contributed by atoms with Gasteiger partial charge in [0.05, 0.1) is 23.9 Å². The number of carboxylic acid groups (broad SMARTS) is 1. The molecule has 1 atom stereocenters. The van der Waals surface area contributed by atoms with E-state index in [1.165, 1.54) is 12.1 Å². The van der Waals surface area contributed by atoms with Crippen molar-refractivity contribution in [1.82, 2.24) is 5.32 Å². The predicted molar refractivity (Wildman–Crippen MR) is 66.4 cm³/mol. The third-order valence-corrected chi connectivity index (χ3v) is 2.40. The molecule has 20 heavy (non-hydrogen) atoms. The Bertz CT molecular complexity index is 581. The van der Waals surface area contributed by atoms with E-state index in [9.17, 15) is 19.1 Å². The van der Waals surface area contributed by atoms with Crippen LogP contribution in [-0.4, -0.2) is 34.4 Å². The Morgan fingerprint density at radius 3 is 2.65 bits per heavy atom. The average Bonchev–Trinajstić information content (AvgIpc) is 2.38. The molecule has 106 valence electrons. The lowest BCUT2D eigenvalue weighted by molar-refractivity contribution is -0.155. The molecule has 2 amide bonds. The van der Waals surface area contributed by atoms with Crippen LogP contribution in [0.5, 0.6) is 0 Å². The van der Waals surface area contributed by atoms with Crippen molar-refractivity contribution in [3.05, 3.63) is 29.6 Å². The number of hydrogen-bond donors (Lipinski definition) is 4. The summed E-state index contributed by atoms with van der Waals surface area (Å²) in [5, 5.41) is 30.8. The number of benzene rings is 1. The van der Waals surface area contributed by atoms with Crippen LogP contribution in [0.2, 0.25) is 0 Å². The molecule has 0 aliphatic carbocycles. The SMILES string of the molecule is CC(O)(CNC(=O)Nc1ccc(C#N)cc1F)C(=O)O. The normalized spacial score (nSPS) is 12.9. The van der Waals surface area contributed by atoms with Gasteiger partial charge in [0.15, 0.2) is 5.60 Å². The first-order chi connectivity index (χ1) is 9.26. The molecule has 8 heteroatoms. The number of nitrogens with zero attached hydrogens (tertiary/aromatic N) is 1. The van der Waals surface area contributed by atoms with Crippen molar-refractivity contribution in [2.45, 2.75) is 12.5 Å². The van der Waals surface area contributed by atoms with E-state index >= 15 is 0 Å². The Morgan fingerprint density at radius 2 is 2.15 bits per heavy atom. The molecule has 1 aromatic rings. The molecule has 1 aromatic carbocycles. The van der Waals surface area contributed by atoms with Crippen LogP contribution in [0.4, 0.5) is 14.9 Å². The Morgan fingerprint density at radius 1 is 1.50 bits per heavy atom. The molecule has 1 rings (SSSR count). The number of hydrogen-bond acceptors (Lipinski definition) is 4. The van der Waals surface area contributed by atoms with Crippen LogP contribution in [0, 0.1) is 17.1 Å². The highest BCUT2D eigenvalue weighted by atomic mass is 19.1. The van der Waals surface area contributed by atoms with Crippen LogP contribution in [0.15, 0.2) is 18.2 Å². The van der Waals surface area contributed by atoms with Crippen LogP contribution >= 0.6 is 0 Å². The second kappa shape index (κ2) is 5.99. The van der Waals surface area contributed by atoms with E-state index in [0.29, 0.717) is 0 Å². The highest BCUT2D eigenvalue weighted by molar-refractivity contribution is 5.90. The minimum Gasteiger partial charge on any atom is -0.479 e. The van der Waals surface area contributed by atoms with Gasteiger partial charge in [-0.1, -0.05) is 0 Å². The van der Waals surface area contributed by atoms with Gasteiger partial charge in [0.2, 0.25) is 0 Å². The van der Waals surface area contributed by atoms with Crippen molar-refractivity contribution < 1.29 is 24.2 Å². The summed E-state index contributed by atoms with van der Waals surface area (Å²) in [5.41, 5.74) is -2.20. The first-order valence-electron chi connectivity index (χ1n) is 5.46. The number of urea groups is 1. The zero-order valence-electron chi connectivity index (χ0n) is 10.5. The van der Waals surface area contributed by atoms with Gasteiger partial charge in [-0.3, -0.25) is 0 Å². The van der Waals surface area contributed by atoms with Crippen molar-refractivity contribution >= 4 is 17.7 Å². The van der Waals surface area contributed by atoms with Crippen molar-refractivity contribution in [3.8, 4) is 6.07 Å². The monoisotopic (exact) mass is 281 g/mol. The lowest BCUT2D eigenvalue weighted by Crippen LogP contribution is -2.47. The number of nitrogens with one attached hydrogen (secondary N) is 2. The van der Waals surface area contributed by atoms with Crippen LogP contribution in [0.1, 0.15) is 12.5 Å². The Labute approximate surface area is 113 Å². The zero-order valence-corrected chi connectivity index (χ0v) is 10.5. The van der Waals surface area contributed by atoms with Crippen LogP contribution in [0.25, 0.3) is 0 Å². The molecule has 0 aliphatic rings. The molecule has 0 heterocycles. The molecule has 1 unspecified atom stereocenters. The van der Waals surface area contributed by atoms with Gasteiger partial charge in [0.25, 0.3) is 0 Å². The summed E-state index contributed by atoms with van der Waals surface area (Å²) in [5.74, 6) is -2.30. The molecular formula is C12H12FN3O4. The Kier molecular flexibility index (Phi) is 4.61. The summed E-state index contributed by atoms with van der Waals surface area (Å²) < 4.78 is 13.5. The third-order valence-electron chi connectivity index (χ3n) is 2.40. The van der Waals surface area contributed by atoms with Crippen molar-refractivity contribution in [3.63, 3.8) is 0 Å². The fourth-order valence-corrected chi connectivity index (χ4v) is 1.18. The molecule has 0 saturated heterocycles. The first-order valence-corrected chi connectivity index (χ1v) is 5.46. The van der Waals surface area contributed by atoms with E-state index in [1.807, 2.05) is 0 Å². The molecular weight excluding hydrogens is 269 g/mol. The minimum absolute atomic E-state index is 0.0993. The van der Waals surface area contributed by atoms with Crippen LogP contribution in [-0.2, 0) is 4.79 Å². The summed E-state index contributed by atoms with van der Waals surface area (Å²) in [7, 11) is 0. The summed E-state index contributed by atoms with van der Waals surface area (Å²) in [4.78, 5) is 22.0. The number of rotatable bonds is 4. The van der Waals surface area contributed by atoms with Crippen LogP contribution in [0.3, 0.4) is 0 Å². The zero-order chi connectivity index (χ0) is 15.3. The lowest BCUT2D eigenvalue weighted by atomic mass is 10.1. The number of aliphatic carboxylic acids is 1. The third kappa shape index (κ3) is 3.93. The molecule has 0 aliphatic heterocycles. The summed E-state index contributed by atoms with van der Waals surface area (Å²) in [6.45, 7) is 0.462. The second-order valence-corrected chi connectivity index (χ2v) is 4.19. The second-order valence-electron chi connectivity index (χ2n) is 4.19. The topological polar surface area (TPSA) is 122 Å². The number of carbonyl (C=O) groups excluding carboxylic acids is 1. The number of halogens is 1. The molecule has 7 nitrogen and oxygen atoms in total. The Balaban J connectivity index is 2.64. The first kappa shape index (κ1) is 15.4. The number of carboxylic acids is 1. The molecule has 0 radical (unpaired) electrons. The average molecular weight is 281 g/mol. The molecule has 0 aromatic heterocycles. The standard InChI is InChI=1S/C12H12FN3O4/c1-12(20,10(17)18)6-15-11(19)16-9-3-2-7(5-14)4-8(9)13/h2-4,20H,6H2,1H3,(H,17,18)(H2,15,16,19). The van der Waals surface area contributed by atoms with Crippen LogP contribution < -0.4 is 10.6 Å². The molecule has 0 fully saturated rings. The lowest BCUT2D eigenvalue weighted by Gasteiger charge is -2.18. The summed E-state index contributed by atoms with van der Waals surface area (Å²) in [6, 6.07) is 4.32. The molecule has 0 bridgehead atoms. The van der Waals surface area contributed by atoms with Gasteiger partial charge in [-0.15, -0.1) is 0 Å². The van der Waals surface area contributed by atoms with Crippen molar-refractivity contribution in [1.29, 1.82) is 5.26 Å². The quantitative estimate of drug-likeness (QED) is 0.645. The fraction of sp³-hybridized carbons (Fsp3) is 0.250. The minimum atomic E-state index is -2.12. The number of amides is 2. The van der Waals surface area contributed by atoms with Gasteiger partial charge in [-0.2, -0.15) is 5.26 Å². The predicted octanol–water partition coefficient (Wildman–Crippen LogP) is 0.654. The van der Waals surface area contributed by atoms with E-state index in [-0.39, 0.29) is 11.3 Å². The van der Waals surface area contributed by atoms with E-state index in [2.05, 4.69) is 10.6 Å². The molecule has 0 saturated carbocycles. The number of aliphatic hydroxyl groups is 1. The van der Waals surface area contributed by atoms with E-state index in [4.69, 9.17) is 10.4 Å². The summed E-state index contributed by atoms with van der Waals surface area (Å²) in [6.07, 6.45) is 0. The van der Waals surface area contributed by atoms with E-state index in [0.717, 1.165) is 13.0 Å². The molecule has 0 spiro atoms. The van der Waals surface area contributed by atoms with Gasteiger partial charge in [0.1, 0.15) is 5.82 Å². The number of carbonyl (C=O) groups is 2. The van der Waals surface area contributed by atoms with Gasteiger partial charge < -0.3 is 20.8 Å². The smallest absolute Gasteiger partial charge is 0.337 e.